The Kier molecular flexibility index (Phi) is 4.32. The van der Waals surface area contributed by atoms with Gasteiger partial charge in [-0.1, -0.05) is 6.58 Å². The number of hydrogen-bond donors (Lipinski definition) is 3. The number of nitrogens with zero attached hydrogens (tertiary/aromatic N) is 4. The summed E-state index contributed by atoms with van der Waals surface area (Å²) in [6, 6.07) is 3.65. The zero-order valence-electron chi connectivity index (χ0n) is 14.6. The third kappa shape index (κ3) is 3.54. The van der Waals surface area contributed by atoms with Crippen LogP contribution in [-0.4, -0.2) is 30.2 Å². The summed E-state index contributed by atoms with van der Waals surface area (Å²) >= 11 is 0. The minimum absolute atomic E-state index is 0.172. The Balaban J connectivity index is 2.20. The summed E-state index contributed by atoms with van der Waals surface area (Å²) in [5, 5.41) is 10.3. The van der Waals surface area contributed by atoms with Crippen molar-refractivity contribution in [2.75, 3.05) is 5.73 Å². The molecule has 0 radical (unpaired) electrons. The van der Waals surface area contributed by atoms with E-state index in [9.17, 15) is 5.11 Å². The SMILES string of the molecule is C=C(C)NOCc1nc2c(N)nc3cccnc3c2n1CC(C)(C)O. The third-order valence-electron chi connectivity index (χ3n) is 3.53. The van der Waals surface area contributed by atoms with Gasteiger partial charge in [-0.05, 0) is 32.9 Å². The third-order valence-corrected chi connectivity index (χ3v) is 3.53. The van der Waals surface area contributed by atoms with E-state index < -0.39 is 5.60 Å². The molecule has 132 valence electrons. The minimum atomic E-state index is -0.955. The van der Waals surface area contributed by atoms with Crippen LogP contribution < -0.4 is 11.2 Å². The highest BCUT2D eigenvalue weighted by Gasteiger charge is 2.23. The highest BCUT2D eigenvalue weighted by Crippen LogP contribution is 2.28. The Morgan fingerprint density at radius 2 is 2.16 bits per heavy atom. The van der Waals surface area contributed by atoms with Crippen molar-refractivity contribution < 1.29 is 9.94 Å². The molecule has 8 nitrogen and oxygen atoms in total. The molecule has 3 heterocycles. The lowest BCUT2D eigenvalue weighted by atomic mass is 10.1. The number of anilines is 1. The smallest absolute Gasteiger partial charge is 0.152 e. The Labute approximate surface area is 145 Å². The molecule has 3 aromatic rings. The average molecular weight is 342 g/mol. The molecule has 0 amide bonds. The van der Waals surface area contributed by atoms with Crippen molar-refractivity contribution >= 4 is 27.9 Å². The molecule has 0 spiro atoms. The number of hydroxylamine groups is 1. The van der Waals surface area contributed by atoms with E-state index in [-0.39, 0.29) is 6.61 Å². The van der Waals surface area contributed by atoms with Crippen LogP contribution in [-0.2, 0) is 18.0 Å². The van der Waals surface area contributed by atoms with Crippen LogP contribution in [0.2, 0.25) is 0 Å². The molecule has 25 heavy (non-hydrogen) atoms. The van der Waals surface area contributed by atoms with Crippen molar-refractivity contribution in [3.63, 3.8) is 0 Å². The second-order valence-corrected chi connectivity index (χ2v) is 6.66. The van der Waals surface area contributed by atoms with Crippen LogP contribution in [0.25, 0.3) is 22.1 Å². The van der Waals surface area contributed by atoms with E-state index in [1.54, 1.807) is 33.0 Å². The number of pyridine rings is 2. The second-order valence-electron chi connectivity index (χ2n) is 6.66. The molecular formula is C17H22N6O2. The van der Waals surface area contributed by atoms with Crippen molar-refractivity contribution in [3.8, 4) is 0 Å². The maximum Gasteiger partial charge on any atom is 0.152 e. The average Bonchev–Trinajstić information content (AvgIpc) is 2.85. The van der Waals surface area contributed by atoms with Gasteiger partial charge in [-0.25, -0.2) is 9.97 Å². The minimum Gasteiger partial charge on any atom is -0.389 e. The molecule has 3 rings (SSSR count). The standard InChI is InChI=1S/C17H22N6O2/c1-10(2)22-25-8-12-21-14-15(23(12)9-17(3,4)24)13-11(20-16(14)18)6-5-7-19-13/h5-7,22,24H,1,8-9H2,2-4H3,(H2,18,20). The fourth-order valence-corrected chi connectivity index (χ4v) is 2.66. The molecule has 4 N–H and O–H groups in total. The van der Waals surface area contributed by atoms with E-state index in [1.165, 1.54) is 0 Å². The summed E-state index contributed by atoms with van der Waals surface area (Å²) in [6.45, 7) is 9.46. The number of aliphatic hydroxyl groups is 1. The van der Waals surface area contributed by atoms with Crippen LogP contribution in [0, 0.1) is 0 Å². The zero-order valence-corrected chi connectivity index (χ0v) is 14.6. The van der Waals surface area contributed by atoms with Crippen LogP contribution in [0.1, 0.15) is 26.6 Å². The summed E-state index contributed by atoms with van der Waals surface area (Å²) in [7, 11) is 0. The first-order valence-electron chi connectivity index (χ1n) is 7.91. The van der Waals surface area contributed by atoms with Crippen molar-refractivity contribution in [1.29, 1.82) is 0 Å². The van der Waals surface area contributed by atoms with E-state index in [0.717, 1.165) is 5.52 Å². The molecule has 0 aliphatic rings. The first-order valence-corrected chi connectivity index (χ1v) is 7.91. The van der Waals surface area contributed by atoms with Crippen molar-refractivity contribution in [3.05, 3.63) is 36.4 Å². The Morgan fingerprint density at radius 1 is 1.40 bits per heavy atom. The van der Waals surface area contributed by atoms with E-state index in [1.807, 2.05) is 10.6 Å². The number of hydrogen-bond acceptors (Lipinski definition) is 7. The van der Waals surface area contributed by atoms with Gasteiger partial charge in [0, 0.05) is 11.9 Å². The second kappa shape index (κ2) is 6.30. The predicted molar refractivity (Wildman–Crippen MR) is 96.3 cm³/mol. The highest BCUT2D eigenvalue weighted by atomic mass is 16.6. The summed E-state index contributed by atoms with van der Waals surface area (Å²) in [5.74, 6) is 0.927. The first-order chi connectivity index (χ1) is 11.8. The highest BCUT2D eigenvalue weighted by molar-refractivity contribution is 6.04. The number of imidazole rings is 1. The van der Waals surface area contributed by atoms with Crippen LogP contribution in [0.5, 0.6) is 0 Å². The fraction of sp³-hybridized carbons (Fsp3) is 0.353. The quantitative estimate of drug-likeness (QED) is 0.587. The van der Waals surface area contributed by atoms with Gasteiger partial charge >= 0.3 is 0 Å². The van der Waals surface area contributed by atoms with Crippen LogP contribution in [0.3, 0.4) is 0 Å². The molecule has 0 saturated heterocycles. The van der Waals surface area contributed by atoms with Gasteiger partial charge in [0.05, 0.1) is 17.7 Å². The summed E-state index contributed by atoms with van der Waals surface area (Å²) in [5.41, 5.74) is 11.2. The molecule has 0 aliphatic heterocycles. The fourth-order valence-electron chi connectivity index (χ4n) is 2.66. The largest absolute Gasteiger partial charge is 0.389 e. The molecule has 8 heteroatoms. The monoisotopic (exact) mass is 342 g/mol. The van der Waals surface area contributed by atoms with Gasteiger partial charge in [0.2, 0.25) is 0 Å². The summed E-state index contributed by atoms with van der Waals surface area (Å²) in [4.78, 5) is 18.8. The van der Waals surface area contributed by atoms with Gasteiger partial charge in [-0.3, -0.25) is 15.3 Å². The van der Waals surface area contributed by atoms with Crippen molar-refractivity contribution in [1.82, 2.24) is 25.0 Å². The maximum atomic E-state index is 10.3. The van der Waals surface area contributed by atoms with E-state index >= 15 is 0 Å². The maximum absolute atomic E-state index is 10.3. The molecule has 3 aromatic heterocycles. The molecule has 0 bridgehead atoms. The normalized spacial score (nSPS) is 12.0. The molecule has 0 aliphatic carbocycles. The van der Waals surface area contributed by atoms with Gasteiger partial charge < -0.3 is 15.4 Å². The lowest BCUT2D eigenvalue weighted by Gasteiger charge is -2.20. The van der Waals surface area contributed by atoms with Crippen LogP contribution in [0.4, 0.5) is 5.82 Å². The summed E-state index contributed by atoms with van der Waals surface area (Å²) in [6.07, 6.45) is 1.69. The molecule has 0 unspecified atom stereocenters. The number of aromatic nitrogens is 4. The van der Waals surface area contributed by atoms with Gasteiger partial charge in [0.15, 0.2) is 5.82 Å². The van der Waals surface area contributed by atoms with Gasteiger partial charge in [-0.15, -0.1) is 0 Å². The van der Waals surface area contributed by atoms with Crippen molar-refractivity contribution in [2.45, 2.75) is 39.5 Å². The molecular weight excluding hydrogens is 320 g/mol. The van der Waals surface area contributed by atoms with Crippen LogP contribution >= 0.6 is 0 Å². The van der Waals surface area contributed by atoms with Gasteiger partial charge in [0.25, 0.3) is 0 Å². The van der Waals surface area contributed by atoms with Crippen molar-refractivity contribution in [2.24, 2.45) is 0 Å². The molecule has 0 atom stereocenters. The Morgan fingerprint density at radius 3 is 2.84 bits per heavy atom. The number of nitrogens with one attached hydrogen (secondary N) is 1. The lowest BCUT2D eigenvalue weighted by molar-refractivity contribution is 0.0356. The van der Waals surface area contributed by atoms with E-state index in [2.05, 4.69) is 27.0 Å². The molecule has 0 aromatic carbocycles. The number of nitrogen functional groups attached to an aromatic ring is 1. The number of allylic oxidation sites excluding steroid dienone is 1. The molecule has 0 saturated carbocycles. The number of rotatable bonds is 6. The number of nitrogens with two attached hydrogens (primary N) is 1. The van der Waals surface area contributed by atoms with Gasteiger partial charge in [0.1, 0.15) is 29.0 Å². The molecule has 0 fully saturated rings. The topological polar surface area (TPSA) is 111 Å². The van der Waals surface area contributed by atoms with E-state index in [0.29, 0.717) is 40.4 Å². The van der Waals surface area contributed by atoms with E-state index in [4.69, 9.17) is 10.6 Å². The van der Waals surface area contributed by atoms with Gasteiger partial charge in [-0.2, -0.15) is 0 Å². The number of fused-ring (bicyclic) bond motifs is 3. The lowest BCUT2D eigenvalue weighted by Crippen LogP contribution is -2.27. The zero-order chi connectivity index (χ0) is 18.2. The Hall–Kier alpha value is -2.71. The predicted octanol–water partition coefficient (Wildman–Crippen LogP) is 1.89. The summed E-state index contributed by atoms with van der Waals surface area (Å²) < 4.78 is 1.88. The first kappa shape index (κ1) is 17.1. The Bertz CT molecular complexity index is 942. The van der Waals surface area contributed by atoms with Crippen LogP contribution in [0.15, 0.2) is 30.6 Å².